The topological polar surface area (TPSA) is 72.9 Å². The van der Waals surface area contributed by atoms with E-state index in [-0.39, 0.29) is 18.0 Å². The first-order valence-electron chi connectivity index (χ1n) is 6.25. The molecule has 3 N–H and O–H groups in total. The molecular weight excluding hydrogens is 216 g/mol. The zero-order valence-electron chi connectivity index (χ0n) is 10.2. The maximum atomic E-state index is 11.8. The highest BCUT2D eigenvalue weighted by atomic mass is 16.2. The van der Waals surface area contributed by atoms with Crippen molar-refractivity contribution in [2.75, 3.05) is 0 Å². The van der Waals surface area contributed by atoms with Gasteiger partial charge in [0.05, 0.1) is 18.4 Å². The quantitative estimate of drug-likeness (QED) is 0.813. The number of hydrogen-bond acceptors (Lipinski definition) is 3. The molecule has 1 heterocycles. The van der Waals surface area contributed by atoms with Crippen molar-refractivity contribution in [2.45, 2.75) is 50.7 Å². The molecule has 94 valence electrons. The van der Waals surface area contributed by atoms with Gasteiger partial charge in [0.1, 0.15) is 0 Å². The third-order valence-electron chi connectivity index (χ3n) is 3.49. The number of rotatable bonds is 4. The van der Waals surface area contributed by atoms with Gasteiger partial charge in [-0.1, -0.05) is 6.92 Å². The van der Waals surface area contributed by atoms with Gasteiger partial charge in [0.2, 0.25) is 5.91 Å². The highest BCUT2D eigenvalue weighted by Crippen LogP contribution is 2.29. The molecule has 5 heteroatoms. The summed E-state index contributed by atoms with van der Waals surface area (Å²) in [5.41, 5.74) is 5.73. The molecule has 5 nitrogen and oxygen atoms in total. The van der Waals surface area contributed by atoms with E-state index in [0.717, 1.165) is 19.3 Å². The average Bonchev–Trinajstić information content (AvgIpc) is 2.97. The summed E-state index contributed by atoms with van der Waals surface area (Å²) in [5, 5.41) is 3.06. The summed E-state index contributed by atoms with van der Waals surface area (Å²) in [6, 6.07) is 0.124. The minimum Gasteiger partial charge on any atom is -0.350 e. The highest BCUT2D eigenvalue weighted by Gasteiger charge is 2.30. The zero-order chi connectivity index (χ0) is 12.3. The van der Waals surface area contributed by atoms with Crippen LogP contribution in [0.1, 0.15) is 38.6 Å². The fourth-order valence-electron chi connectivity index (χ4n) is 2.41. The van der Waals surface area contributed by atoms with Crippen LogP contribution in [0.4, 0.5) is 0 Å². The van der Waals surface area contributed by atoms with Crippen molar-refractivity contribution in [3.8, 4) is 0 Å². The van der Waals surface area contributed by atoms with Crippen LogP contribution in [0, 0.1) is 0 Å². The number of nitrogens with one attached hydrogen (secondary N) is 1. The maximum absolute atomic E-state index is 11.8. The van der Waals surface area contributed by atoms with Crippen molar-refractivity contribution in [1.29, 1.82) is 0 Å². The van der Waals surface area contributed by atoms with E-state index in [2.05, 4.69) is 14.9 Å². The van der Waals surface area contributed by atoms with Gasteiger partial charge in [-0.3, -0.25) is 4.79 Å². The third kappa shape index (κ3) is 2.66. The van der Waals surface area contributed by atoms with Crippen molar-refractivity contribution >= 4 is 5.91 Å². The molecule has 1 aliphatic carbocycles. The molecule has 2 unspecified atom stereocenters. The predicted octanol–water partition coefficient (Wildman–Crippen LogP) is 0.830. The molecule has 0 aliphatic heterocycles. The van der Waals surface area contributed by atoms with E-state index in [9.17, 15) is 4.79 Å². The first-order valence-corrected chi connectivity index (χ1v) is 6.25. The van der Waals surface area contributed by atoms with E-state index in [1.54, 1.807) is 6.20 Å². The lowest BCUT2D eigenvalue weighted by Crippen LogP contribution is -2.46. The van der Waals surface area contributed by atoms with Crippen LogP contribution in [0.25, 0.3) is 0 Å². The number of carbonyl (C=O) groups excluding carboxylic acids is 1. The molecule has 1 aliphatic rings. The molecule has 17 heavy (non-hydrogen) atoms. The van der Waals surface area contributed by atoms with E-state index >= 15 is 0 Å². The fourth-order valence-corrected chi connectivity index (χ4v) is 2.41. The van der Waals surface area contributed by atoms with Gasteiger partial charge in [-0.25, -0.2) is 4.98 Å². The van der Waals surface area contributed by atoms with E-state index in [1.165, 1.54) is 0 Å². The molecule has 1 fully saturated rings. The van der Waals surface area contributed by atoms with Crippen molar-refractivity contribution < 1.29 is 4.79 Å². The van der Waals surface area contributed by atoms with E-state index in [4.69, 9.17) is 5.73 Å². The molecule has 0 radical (unpaired) electrons. The Morgan fingerprint density at radius 1 is 1.65 bits per heavy atom. The van der Waals surface area contributed by atoms with Crippen LogP contribution in [0.2, 0.25) is 0 Å². The van der Waals surface area contributed by atoms with Gasteiger partial charge in [0, 0.05) is 18.4 Å². The fraction of sp³-hybridized carbons (Fsp3) is 0.667. The van der Waals surface area contributed by atoms with Crippen molar-refractivity contribution in [3.05, 3.63) is 18.7 Å². The SMILES string of the molecule is CC[C@H](N)C(=O)NC1CCCC1n1ccnc1. The van der Waals surface area contributed by atoms with Crippen LogP contribution in [0.3, 0.4) is 0 Å². The molecule has 0 bridgehead atoms. The van der Waals surface area contributed by atoms with Gasteiger partial charge < -0.3 is 15.6 Å². The lowest BCUT2D eigenvalue weighted by atomic mass is 10.1. The number of carbonyl (C=O) groups is 1. The van der Waals surface area contributed by atoms with Gasteiger partial charge in [-0.15, -0.1) is 0 Å². The number of amides is 1. The molecule has 0 saturated heterocycles. The van der Waals surface area contributed by atoms with Gasteiger partial charge in [-0.2, -0.15) is 0 Å². The summed E-state index contributed by atoms with van der Waals surface area (Å²) in [6.45, 7) is 1.92. The Morgan fingerprint density at radius 3 is 3.12 bits per heavy atom. The highest BCUT2D eigenvalue weighted by molar-refractivity contribution is 5.81. The second kappa shape index (κ2) is 5.31. The van der Waals surface area contributed by atoms with Crippen LogP contribution in [-0.2, 0) is 4.79 Å². The lowest BCUT2D eigenvalue weighted by molar-refractivity contribution is -0.123. The van der Waals surface area contributed by atoms with Gasteiger partial charge in [0.25, 0.3) is 0 Å². The van der Waals surface area contributed by atoms with Crippen molar-refractivity contribution in [3.63, 3.8) is 0 Å². The zero-order valence-corrected chi connectivity index (χ0v) is 10.2. The minimum atomic E-state index is -0.390. The first-order chi connectivity index (χ1) is 8.22. The van der Waals surface area contributed by atoms with Gasteiger partial charge >= 0.3 is 0 Å². The van der Waals surface area contributed by atoms with Crippen molar-refractivity contribution in [1.82, 2.24) is 14.9 Å². The molecule has 1 aromatic heterocycles. The van der Waals surface area contributed by atoms with Crippen LogP contribution in [0.5, 0.6) is 0 Å². The normalized spacial score (nSPS) is 25.8. The maximum Gasteiger partial charge on any atom is 0.237 e. The van der Waals surface area contributed by atoms with Crippen LogP contribution in [-0.4, -0.2) is 27.5 Å². The Balaban J connectivity index is 1.98. The number of hydrogen-bond donors (Lipinski definition) is 2. The Morgan fingerprint density at radius 2 is 2.47 bits per heavy atom. The number of imidazole rings is 1. The standard InChI is InChI=1S/C12H20N4O/c1-2-9(13)12(17)15-10-4-3-5-11(10)16-7-6-14-8-16/h6-11H,2-5,13H2,1H3,(H,15,17)/t9-,10?,11?/m0/s1. The van der Waals surface area contributed by atoms with E-state index in [0.29, 0.717) is 12.5 Å². The summed E-state index contributed by atoms with van der Waals surface area (Å²) < 4.78 is 2.08. The first kappa shape index (κ1) is 12.1. The second-order valence-electron chi connectivity index (χ2n) is 4.64. The number of nitrogens with zero attached hydrogens (tertiary/aromatic N) is 2. The Labute approximate surface area is 101 Å². The second-order valence-corrected chi connectivity index (χ2v) is 4.64. The molecule has 0 spiro atoms. The Bertz CT molecular complexity index is 363. The summed E-state index contributed by atoms with van der Waals surface area (Å²) in [7, 11) is 0. The smallest absolute Gasteiger partial charge is 0.237 e. The van der Waals surface area contributed by atoms with Crippen molar-refractivity contribution in [2.24, 2.45) is 5.73 Å². The van der Waals surface area contributed by atoms with Gasteiger partial charge in [-0.05, 0) is 25.7 Å². The molecule has 2 rings (SSSR count). The summed E-state index contributed by atoms with van der Waals surface area (Å²) in [5.74, 6) is -0.0375. The summed E-state index contributed by atoms with van der Waals surface area (Å²) in [6.07, 6.45) is 9.45. The number of nitrogens with two attached hydrogens (primary N) is 1. The lowest BCUT2D eigenvalue weighted by Gasteiger charge is -2.23. The monoisotopic (exact) mass is 236 g/mol. The minimum absolute atomic E-state index is 0.0375. The molecule has 1 amide bonds. The predicted molar refractivity (Wildman–Crippen MR) is 65.3 cm³/mol. The third-order valence-corrected chi connectivity index (χ3v) is 3.49. The van der Waals surface area contributed by atoms with E-state index in [1.807, 2.05) is 19.4 Å². The number of aromatic nitrogens is 2. The molecular formula is C12H20N4O. The molecule has 0 aromatic carbocycles. The molecule has 1 aromatic rings. The van der Waals surface area contributed by atoms with Crippen LogP contribution >= 0.6 is 0 Å². The average molecular weight is 236 g/mol. The summed E-state index contributed by atoms with van der Waals surface area (Å²) >= 11 is 0. The Kier molecular flexibility index (Phi) is 3.78. The molecule has 1 saturated carbocycles. The van der Waals surface area contributed by atoms with Crippen LogP contribution < -0.4 is 11.1 Å². The molecule has 3 atom stereocenters. The van der Waals surface area contributed by atoms with E-state index < -0.39 is 0 Å². The largest absolute Gasteiger partial charge is 0.350 e. The van der Waals surface area contributed by atoms with Crippen LogP contribution in [0.15, 0.2) is 18.7 Å². The Hall–Kier alpha value is -1.36. The summed E-state index contributed by atoms with van der Waals surface area (Å²) in [4.78, 5) is 15.8. The van der Waals surface area contributed by atoms with Gasteiger partial charge in [0.15, 0.2) is 0 Å².